The van der Waals surface area contributed by atoms with Crippen molar-refractivity contribution in [3.8, 4) is 0 Å². The summed E-state index contributed by atoms with van der Waals surface area (Å²) in [5, 5.41) is 3.05. The zero-order chi connectivity index (χ0) is 16.8. The molecule has 0 amide bonds. The smallest absolute Gasteiger partial charge is 0.326 e. The summed E-state index contributed by atoms with van der Waals surface area (Å²) in [4.78, 5) is 11.2. The maximum Gasteiger partial charge on any atom is 0.326 e. The van der Waals surface area contributed by atoms with E-state index >= 15 is 0 Å². The molecule has 0 aliphatic heterocycles. The van der Waals surface area contributed by atoms with E-state index in [0.717, 1.165) is 31.2 Å². The van der Waals surface area contributed by atoms with Gasteiger partial charge in [-0.05, 0) is 38.9 Å². The molecule has 0 saturated heterocycles. The number of methoxy groups -OCH3 is 1. The number of hydrogen-bond acceptors (Lipinski definition) is 5. The summed E-state index contributed by atoms with van der Waals surface area (Å²) in [6.07, 6.45) is 4.07. The predicted octanol–water partition coefficient (Wildman–Crippen LogP) is 1.93. The van der Waals surface area contributed by atoms with Crippen LogP contribution in [0, 0.1) is 6.92 Å². The first-order chi connectivity index (χ1) is 10.2. The zero-order valence-corrected chi connectivity index (χ0v) is 13.9. The van der Waals surface area contributed by atoms with Crippen LogP contribution >= 0.6 is 0 Å². The minimum absolute atomic E-state index is 0.0666. The van der Waals surface area contributed by atoms with Crippen LogP contribution in [0.4, 0.5) is 0 Å². The third kappa shape index (κ3) is 4.79. The maximum atomic E-state index is 11.3. The van der Waals surface area contributed by atoms with Crippen molar-refractivity contribution in [1.82, 2.24) is 5.32 Å². The van der Waals surface area contributed by atoms with Crippen LogP contribution in [0.15, 0.2) is 29.2 Å². The zero-order valence-electron chi connectivity index (χ0n) is 13.1. The first kappa shape index (κ1) is 18.6. The Labute approximate surface area is 131 Å². The second-order valence-electron chi connectivity index (χ2n) is 5.32. The highest BCUT2D eigenvalue weighted by Crippen LogP contribution is 2.30. The fourth-order valence-electron chi connectivity index (χ4n) is 2.44. The molecule has 1 fully saturated rings. The monoisotopic (exact) mass is 329 g/mol. The number of hydrogen-bond donors (Lipinski definition) is 2. The van der Waals surface area contributed by atoms with E-state index in [1.807, 2.05) is 14.0 Å². The molecule has 1 aliphatic carbocycles. The number of nitrogens with one attached hydrogen (secondary N) is 1. The minimum atomic E-state index is -4.02. The highest BCUT2D eigenvalue weighted by Gasteiger charge is 2.40. The quantitative estimate of drug-likeness (QED) is 0.650. The van der Waals surface area contributed by atoms with E-state index in [2.05, 4.69) is 5.32 Å². The van der Waals surface area contributed by atoms with Crippen LogP contribution in [-0.2, 0) is 19.6 Å². The number of rotatable bonds is 3. The van der Waals surface area contributed by atoms with Gasteiger partial charge in [0.25, 0.3) is 10.1 Å². The molecule has 124 valence electrons. The van der Waals surface area contributed by atoms with Gasteiger partial charge in [-0.3, -0.25) is 9.35 Å². The molecular weight excluding hydrogens is 306 g/mol. The Morgan fingerprint density at radius 1 is 1.23 bits per heavy atom. The molecule has 2 N–H and O–H groups in total. The number of likely N-dealkylation sites (N-methyl/N-ethyl adjacent to an activating group) is 1. The van der Waals surface area contributed by atoms with Crippen LogP contribution in [-0.4, -0.2) is 38.6 Å². The molecule has 1 aliphatic rings. The van der Waals surface area contributed by atoms with Gasteiger partial charge in [-0.2, -0.15) is 8.42 Å². The lowest BCUT2D eigenvalue weighted by Crippen LogP contribution is -2.48. The number of benzene rings is 1. The molecule has 0 heterocycles. The van der Waals surface area contributed by atoms with E-state index in [4.69, 9.17) is 9.29 Å². The highest BCUT2D eigenvalue weighted by atomic mass is 32.2. The van der Waals surface area contributed by atoms with Crippen LogP contribution < -0.4 is 5.32 Å². The summed E-state index contributed by atoms with van der Waals surface area (Å²) >= 11 is 0. The summed E-state index contributed by atoms with van der Waals surface area (Å²) in [5.74, 6) is -0.113. The fourth-order valence-corrected chi connectivity index (χ4v) is 2.92. The highest BCUT2D eigenvalue weighted by molar-refractivity contribution is 7.85. The lowest BCUT2D eigenvalue weighted by molar-refractivity contribution is -0.148. The molecule has 22 heavy (non-hydrogen) atoms. The number of carbonyl (C=O) groups is 1. The Balaban J connectivity index is 0.000000220. The number of ether oxygens (including phenoxy) is 1. The number of carbonyl (C=O) groups excluding carboxylic acids is 1. The summed E-state index contributed by atoms with van der Waals surface area (Å²) in [5.41, 5.74) is 0.590. The average Bonchev–Trinajstić information content (AvgIpc) is 2.97. The fraction of sp³-hybridized carbons (Fsp3) is 0.533. The Bertz CT molecular complexity index is 589. The van der Waals surface area contributed by atoms with Gasteiger partial charge >= 0.3 is 5.97 Å². The normalized spacial score (nSPS) is 16.5. The Morgan fingerprint density at radius 3 is 2.09 bits per heavy atom. The molecule has 6 nitrogen and oxygen atoms in total. The third-order valence-electron chi connectivity index (χ3n) is 3.83. The molecule has 1 aromatic carbocycles. The van der Waals surface area contributed by atoms with Crippen molar-refractivity contribution in [1.29, 1.82) is 0 Å². The lowest BCUT2D eigenvalue weighted by Gasteiger charge is -2.24. The van der Waals surface area contributed by atoms with Gasteiger partial charge in [-0.1, -0.05) is 30.5 Å². The van der Waals surface area contributed by atoms with E-state index < -0.39 is 10.1 Å². The lowest BCUT2D eigenvalue weighted by atomic mass is 9.98. The van der Waals surface area contributed by atoms with Gasteiger partial charge in [0.15, 0.2) is 0 Å². The van der Waals surface area contributed by atoms with Crippen LogP contribution in [0.2, 0.25) is 0 Å². The maximum absolute atomic E-state index is 11.3. The topological polar surface area (TPSA) is 92.7 Å². The summed E-state index contributed by atoms with van der Waals surface area (Å²) in [6.45, 7) is 1.84. The third-order valence-corrected chi connectivity index (χ3v) is 4.70. The van der Waals surface area contributed by atoms with E-state index in [-0.39, 0.29) is 16.4 Å². The average molecular weight is 329 g/mol. The van der Waals surface area contributed by atoms with Gasteiger partial charge in [0, 0.05) is 0 Å². The van der Waals surface area contributed by atoms with Gasteiger partial charge in [0.2, 0.25) is 0 Å². The summed E-state index contributed by atoms with van der Waals surface area (Å²) in [7, 11) is -0.754. The molecule has 0 bridgehead atoms. The number of aryl methyl sites for hydroxylation is 1. The van der Waals surface area contributed by atoms with E-state index in [1.54, 1.807) is 12.1 Å². The van der Waals surface area contributed by atoms with Crippen LogP contribution in [0.3, 0.4) is 0 Å². The van der Waals surface area contributed by atoms with Gasteiger partial charge < -0.3 is 10.1 Å². The molecular formula is C15H23NO5S. The van der Waals surface area contributed by atoms with Crippen molar-refractivity contribution >= 4 is 16.1 Å². The molecule has 7 heteroatoms. The Hall–Kier alpha value is -1.44. The molecule has 0 aromatic heterocycles. The molecule has 1 aromatic rings. The van der Waals surface area contributed by atoms with Gasteiger partial charge in [-0.15, -0.1) is 0 Å². The first-order valence-corrected chi connectivity index (χ1v) is 8.51. The van der Waals surface area contributed by atoms with Crippen molar-refractivity contribution in [3.05, 3.63) is 29.8 Å². The van der Waals surface area contributed by atoms with Crippen LogP contribution in [0.1, 0.15) is 31.2 Å². The summed E-state index contributed by atoms with van der Waals surface area (Å²) < 4.78 is 34.3. The predicted molar refractivity (Wildman–Crippen MR) is 83.3 cm³/mol. The molecule has 0 atom stereocenters. The minimum Gasteiger partial charge on any atom is -0.468 e. The van der Waals surface area contributed by atoms with Gasteiger partial charge in [0.05, 0.1) is 12.0 Å². The Kier molecular flexibility index (Phi) is 6.52. The molecule has 2 rings (SSSR count). The van der Waals surface area contributed by atoms with Crippen molar-refractivity contribution in [2.75, 3.05) is 14.2 Å². The molecule has 0 spiro atoms. The molecule has 1 saturated carbocycles. The van der Waals surface area contributed by atoms with Gasteiger partial charge in [0.1, 0.15) is 5.54 Å². The number of esters is 1. The second kappa shape index (κ2) is 7.71. The molecule has 0 radical (unpaired) electrons. The largest absolute Gasteiger partial charge is 0.468 e. The van der Waals surface area contributed by atoms with E-state index in [1.165, 1.54) is 19.2 Å². The van der Waals surface area contributed by atoms with Crippen molar-refractivity contribution in [2.24, 2.45) is 0 Å². The standard InChI is InChI=1S/C8H15NO2.C7H8O3S/c1-9-8(7(10)11-2)5-3-4-6-8;1-6-2-4-7(5-3-6)11(8,9)10/h9H,3-6H2,1-2H3;2-5H,1H3,(H,8,9,10). The first-order valence-electron chi connectivity index (χ1n) is 7.07. The summed E-state index contributed by atoms with van der Waals surface area (Å²) in [6, 6.07) is 5.99. The SMILES string of the molecule is CNC1(C(=O)OC)CCCC1.Cc1ccc(S(=O)(=O)O)cc1. The van der Waals surface area contributed by atoms with Crippen LogP contribution in [0.5, 0.6) is 0 Å². The van der Waals surface area contributed by atoms with E-state index in [0.29, 0.717) is 0 Å². The second-order valence-corrected chi connectivity index (χ2v) is 6.74. The van der Waals surface area contributed by atoms with Crippen molar-refractivity contribution in [3.63, 3.8) is 0 Å². The van der Waals surface area contributed by atoms with Crippen molar-refractivity contribution < 1.29 is 22.5 Å². The molecule has 0 unspecified atom stereocenters. The van der Waals surface area contributed by atoms with E-state index in [9.17, 15) is 13.2 Å². The van der Waals surface area contributed by atoms with Gasteiger partial charge in [-0.25, -0.2) is 0 Å². The Morgan fingerprint density at radius 2 is 1.73 bits per heavy atom. The van der Waals surface area contributed by atoms with Crippen molar-refractivity contribution in [2.45, 2.75) is 43.0 Å². The van der Waals surface area contributed by atoms with Crippen LogP contribution in [0.25, 0.3) is 0 Å².